The van der Waals surface area contributed by atoms with Gasteiger partial charge in [0.25, 0.3) is 5.91 Å². The van der Waals surface area contributed by atoms with E-state index in [0.29, 0.717) is 26.9 Å². The highest BCUT2D eigenvalue weighted by Crippen LogP contribution is 2.65. The van der Waals surface area contributed by atoms with E-state index in [9.17, 15) is 22.8 Å². The van der Waals surface area contributed by atoms with Crippen molar-refractivity contribution in [2.75, 3.05) is 10.6 Å². The number of carbonyl (C=O) groups is 2. The van der Waals surface area contributed by atoms with Gasteiger partial charge in [0, 0.05) is 21.3 Å². The van der Waals surface area contributed by atoms with E-state index in [-0.39, 0.29) is 16.4 Å². The minimum Gasteiger partial charge on any atom is -0.325 e. The number of alkyl halides is 5. The number of rotatable bonds is 5. The number of benzene rings is 2. The molecule has 0 spiro atoms. The second-order valence-electron chi connectivity index (χ2n) is 7.36. The molecule has 3 aromatic rings. The van der Waals surface area contributed by atoms with E-state index in [1.807, 2.05) is 0 Å². The molecule has 1 saturated carbocycles. The lowest BCUT2D eigenvalue weighted by Crippen LogP contribution is -2.21. The molecule has 0 radical (unpaired) electrons. The van der Waals surface area contributed by atoms with Crippen molar-refractivity contribution in [3.63, 3.8) is 0 Å². The molecule has 2 unspecified atom stereocenters. The van der Waals surface area contributed by atoms with Crippen molar-refractivity contribution in [1.82, 2.24) is 4.98 Å². The zero-order valence-electron chi connectivity index (χ0n) is 16.6. The van der Waals surface area contributed by atoms with Gasteiger partial charge in [-0.2, -0.15) is 13.2 Å². The Morgan fingerprint density at radius 2 is 1.68 bits per heavy atom. The SMILES string of the molecule is O=C(Nc1nc(C(F)(F)F)cs1)c1ccccc1NC(=O)C1C(c2cc(Cl)cc(Cl)c2)C1(Cl)Cl. The molecule has 2 atom stereocenters. The van der Waals surface area contributed by atoms with Gasteiger partial charge in [0.15, 0.2) is 10.8 Å². The number of nitrogens with zero attached hydrogens (tertiary/aromatic N) is 1. The third-order valence-corrected chi connectivity index (χ3v) is 7.16. The number of hydrogen-bond donors (Lipinski definition) is 2. The first-order chi connectivity index (χ1) is 15.9. The van der Waals surface area contributed by atoms with E-state index in [0.717, 1.165) is 5.38 Å². The maximum Gasteiger partial charge on any atom is 0.434 e. The summed E-state index contributed by atoms with van der Waals surface area (Å²) >= 11 is 25.4. The van der Waals surface area contributed by atoms with Crippen molar-refractivity contribution >= 4 is 80.4 Å². The number of amides is 2. The largest absolute Gasteiger partial charge is 0.434 e. The number of hydrogen-bond acceptors (Lipinski definition) is 4. The average molecular weight is 569 g/mol. The maximum atomic E-state index is 13.0. The van der Waals surface area contributed by atoms with Crippen LogP contribution in [0.5, 0.6) is 0 Å². The first-order valence-electron chi connectivity index (χ1n) is 9.45. The molecule has 0 bridgehead atoms. The number of nitrogens with one attached hydrogen (secondary N) is 2. The van der Waals surface area contributed by atoms with Crippen molar-refractivity contribution in [1.29, 1.82) is 0 Å². The highest BCUT2D eigenvalue weighted by Gasteiger charge is 2.67. The van der Waals surface area contributed by atoms with Crippen LogP contribution in [0.15, 0.2) is 47.8 Å². The Balaban J connectivity index is 1.51. The standard InChI is InChI=1S/C21H12Cl4F3N3O2S/c22-10-5-9(6-11(23)7-10)15-16(20(15,24)25)18(33)29-13-4-2-1-3-12(13)17(32)31-19-30-14(8-34-19)21(26,27)28/h1-8,15-16H,(H,29,33)(H,30,31,32). The van der Waals surface area contributed by atoms with Gasteiger partial charge in [-0.15, -0.1) is 34.5 Å². The Hall–Kier alpha value is -2.04. The highest BCUT2D eigenvalue weighted by atomic mass is 35.5. The molecule has 178 valence electrons. The van der Waals surface area contributed by atoms with E-state index in [2.05, 4.69) is 15.6 Å². The second kappa shape index (κ2) is 9.20. The molecule has 34 heavy (non-hydrogen) atoms. The lowest BCUT2D eigenvalue weighted by Gasteiger charge is -2.11. The molecule has 13 heteroatoms. The van der Waals surface area contributed by atoms with Crippen molar-refractivity contribution in [2.45, 2.75) is 16.4 Å². The van der Waals surface area contributed by atoms with Gasteiger partial charge in [-0.1, -0.05) is 35.3 Å². The molecule has 2 N–H and O–H groups in total. The quantitative estimate of drug-likeness (QED) is 0.318. The van der Waals surface area contributed by atoms with Crippen LogP contribution in [0.3, 0.4) is 0 Å². The summed E-state index contributed by atoms with van der Waals surface area (Å²) in [4.78, 5) is 29.0. The van der Waals surface area contributed by atoms with Crippen LogP contribution >= 0.6 is 57.7 Å². The molecule has 0 aliphatic heterocycles. The molecular weight excluding hydrogens is 557 g/mol. The van der Waals surface area contributed by atoms with Crippen LogP contribution in [0.1, 0.15) is 27.5 Å². The van der Waals surface area contributed by atoms with E-state index >= 15 is 0 Å². The van der Waals surface area contributed by atoms with Crippen molar-refractivity contribution < 1.29 is 22.8 Å². The Morgan fingerprint density at radius 1 is 1.03 bits per heavy atom. The van der Waals surface area contributed by atoms with Crippen molar-refractivity contribution in [2.24, 2.45) is 5.92 Å². The third-order valence-electron chi connectivity index (χ3n) is 5.02. The number of aromatic nitrogens is 1. The van der Waals surface area contributed by atoms with Gasteiger partial charge in [0.2, 0.25) is 5.91 Å². The van der Waals surface area contributed by atoms with Crippen LogP contribution in [-0.4, -0.2) is 21.1 Å². The molecule has 5 nitrogen and oxygen atoms in total. The Bertz CT molecular complexity index is 1260. The molecule has 4 rings (SSSR count). The molecule has 1 fully saturated rings. The summed E-state index contributed by atoms with van der Waals surface area (Å²) in [5, 5.41) is 6.20. The van der Waals surface area contributed by atoms with Crippen molar-refractivity contribution in [3.05, 3.63) is 74.7 Å². The fourth-order valence-electron chi connectivity index (χ4n) is 3.45. The van der Waals surface area contributed by atoms with Gasteiger partial charge in [-0.3, -0.25) is 14.9 Å². The van der Waals surface area contributed by atoms with E-state index in [1.165, 1.54) is 24.3 Å². The third kappa shape index (κ3) is 5.13. The van der Waals surface area contributed by atoms with Crippen LogP contribution in [0, 0.1) is 5.92 Å². The molecule has 1 aromatic heterocycles. The van der Waals surface area contributed by atoms with Crippen LogP contribution in [0.25, 0.3) is 0 Å². The van der Waals surface area contributed by atoms with Gasteiger partial charge in [-0.05, 0) is 35.9 Å². The number of carbonyl (C=O) groups excluding carboxylic acids is 2. The van der Waals surface area contributed by atoms with Crippen molar-refractivity contribution in [3.8, 4) is 0 Å². The van der Waals surface area contributed by atoms with Crippen LogP contribution < -0.4 is 10.6 Å². The van der Waals surface area contributed by atoms with Crippen LogP contribution in [0.2, 0.25) is 10.0 Å². The van der Waals surface area contributed by atoms with E-state index in [1.54, 1.807) is 18.2 Å². The Morgan fingerprint density at radius 3 is 2.29 bits per heavy atom. The zero-order valence-corrected chi connectivity index (χ0v) is 20.4. The van der Waals surface area contributed by atoms with Gasteiger partial charge in [0.1, 0.15) is 4.33 Å². The lowest BCUT2D eigenvalue weighted by molar-refractivity contribution is -0.140. The van der Waals surface area contributed by atoms with E-state index < -0.39 is 39.9 Å². The van der Waals surface area contributed by atoms with E-state index in [4.69, 9.17) is 46.4 Å². The molecule has 2 amide bonds. The van der Waals surface area contributed by atoms with Gasteiger partial charge < -0.3 is 5.32 Å². The van der Waals surface area contributed by atoms with Crippen LogP contribution in [0.4, 0.5) is 24.0 Å². The molecule has 2 aromatic carbocycles. The zero-order chi connectivity index (χ0) is 24.8. The first-order valence-corrected chi connectivity index (χ1v) is 11.8. The summed E-state index contributed by atoms with van der Waals surface area (Å²) in [7, 11) is 0. The lowest BCUT2D eigenvalue weighted by atomic mass is 10.1. The monoisotopic (exact) mass is 567 g/mol. The molecule has 1 aliphatic rings. The predicted molar refractivity (Wildman–Crippen MR) is 127 cm³/mol. The smallest absolute Gasteiger partial charge is 0.325 e. The molecular formula is C21H12Cl4F3N3O2S. The number of thiazole rings is 1. The minimum atomic E-state index is -4.63. The highest BCUT2D eigenvalue weighted by molar-refractivity contribution is 7.14. The number of para-hydroxylation sites is 1. The fourth-order valence-corrected chi connectivity index (χ4v) is 5.53. The molecule has 1 heterocycles. The average Bonchev–Trinajstić information content (AvgIpc) is 3.04. The summed E-state index contributed by atoms with van der Waals surface area (Å²) in [5.41, 5.74) is -0.400. The summed E-state index contributed by atoms with van der Waals surface area (Å²) in [6.07, 6.45) is -4.63. The van der Waals surface area contributed by atoms with Crippen LogP contribution in [-0.2, 0) is 11.0 Å². The molecule has 1 aliphatic carbocycles. The maximum absolute atomic E-state index is 13.0. The minimum absolute atomic E-state index is 0.0114. The summed E-state index contributed by atoms with van der Waals surface area (Å²) in [6, 6.07) is 10.7. The fraction of sp³-hybridized carbons (Fsp3) is 0.190. The van der Waals surface area contributed by atoms with Gasteiger partial charge in [0.05, 0.1) is 17.2 Å². The second-order valence-corrected chi connectivity index (χ2v) is 10.5. The molecule has 0 saturated heterocycles. The number of anilines is 2. The normalized spacial score (nSPS) is 18.9. The predicted octanol–water partition coefficient (Wildman–Crippen LogP) is 7.25. The number of halogens is 7. The Kier molecular flexibility index (Phi) is 6.78. The summed E-state index contributed by atoms with van der Waals surface area (Å²) in [6.45, 7) is 0. The van der Waals surface area contributed by atoms with Gasteiger partial charge in [-0.25, -0.2) is 4.98 Å². The summed E-state index contributed by atoms with van der Waals surface area (Å²) < 4.78 is 36.9. The summed E-state index contributed by atoms with van der Waals surface area (Å²) in [5.74, 6) is -2.77. The van der Waals surface area contributed by atoms with Gasteiger partial charge >= 0.3 is 6.18 Å². The first kappa shape index (κ1) is 25.1. The topological polar surface area (TPSA) is 71.1 Å². The Labute approximate surface area is 215 Å².